The van der Waals surface area contributed by atoms with E-state index in [0.29, 0.717) is 25.1 Å². The molecule has 0 aliphatic heterocycles. The number of aliphatic carboxylic acids is 1. The van der Waals surface area contributed by atoms with Crippen molar-refractivity contribution in [3.05, 3.63) is 0 Å². The van der Waals surface area contributed by atoms with Crippen LogP contribution in [-0.4, -0.2) is 55.4 Å². The van der Waals surface area contributed by atoms with Crippen molar-refractivity contribution in [1.29, 1.82) is 0 Å². The largest absolute Gasteiger partial charge is 0.480 e. The Bertz CT molecular complexity index is 351. The SMILES string of the molecule is COCCN(CC(=O)O)C(=O)NCC1(C2CC2)CC1. The van der Waals surface area contributed by atoms with E-state index in [0.717, 1.165) is 5.92 Å². The second kappa shape index (κ2) is 5.77. The van der Waals surface area contributed by atoms with E-state index in [2.05, 4.69) is 5.32 Å². The van der Waals surface area contributed by atoms with E-state index in [-0.39, 0.29) is 12.6 Å². The van der Waals surface area contributed by atoms with Crippen LogP contribution in [0.3, 0.4) is 0 Å². The smallest absolute Gasteiger partial charge is 0.323 e. The van der Waals surface area contributed by atoms with Gasteiger partial charge in [-0.1, -0.05) is 0 Å². The maximum atomic E-state index is 12.0. The summed E-state index contributed by atoms with van der Waals surface area (Å²) in [6.45, 7) is 1.03. The fraction of sp³-hybridized carbons (Fsp3) is 0.846. The minimum Gasteiger partial charge on any atom is -0.480 e. The molecular formula is C13H22N2O4. The molecule has 2 N–H and O–H groups in total. The highest BCUT2D eigenvalue weighted by Gasteiger charge is 2.53. The van der Waals surface area contributed by atoms with Gasteiger partial charge in [-0.3, -0.25) is 4.79 Å². The van der Waals surface area contributed by atoms with Gasteiger partial charge in [-0.05, 0) is 37.0 Å². The summed E-state index contributed by atoms with van der Waals surface area (Å²) in [7, 11) is 1.53. The lowest BCUT2D eigenvalue weighted by atomic mass is 10.0. The molecule has 0 radical (unpaired) electrons. The molecule has 6 nitrogen and oxygen atoms in total. The second-order valence-electron chi connectivity index (χ2n) is 5.60. The van der Waals surface area contributed by atoms with Crippen molar-refractivity contribution in [2.75, 3.05) is 33.4 Å². The lowest BCUT2D eigenvalue weighted by molar-refractivity contribution is -0.137. The van der Waals surface area contributed by atoms with Gasteiger partial charge in [0.05, 0.1) is 6.61 Å². The van der Waals surface area contributed by atoms with Crippen LogP contribution in [0.4, 0.5) is 4.79 Å². The van der Waals surface area contributed by atoms with Gasteiger partial charge in [0.1, 0.15) is 6.54 Å². The molecule has 0 aromatic carbocycles. The van der Waals surface area contributed by atoms with Crippen LogP contribution in [0.25, 0.3) is 0 Å². The van der Waals surface area contributed by atoms with Gasteiger partial charge in [0.2, 0.25) is 0 Å². The number of methoxy groups -OCH3 is 1. The van der Waals surface area contributed by atoms with Crippen molar-refractivity contribution in [2.45, 2.75) is 25.7 Å². The Morgan fingerprint density at radius 2 is 2.11 bits per heavy atom. The van der Waals surface area contributed by atoms with Crippen molar-refractivity contribution in [3.8, 4) is 0 Å². The van der Waals surface area contributed by atoms with Crippen LogP contribution in [0.5, 0.6) is 0 Å². The van der Waals surface area contributed by atoms with Crippen molar-refractivity contribution >= 4 is 12.0 Å². The minimum absolute atomic E-state index is 0.286. The zero-order valence-corrected chi connectivity index (χ0v) is 11.4. The third-order valence-electron chi connectivity index (χ3n) is 4.11. The van der Waals surface area contributed by atoms with Gasteiger partial charge in [-0.2, -0.15) is 0 Å². The molecule has 6 heteroatoms. The zero-order chi connectivity index (χ0) is 13.9. The number of ether oxygens (including phenoxy) is 1. The van der Waals surface area contributed by atoms with E-state index in [9.17, 15) is 9.59 Å². The van der Waals surface area contributed by atoms with Crippen LogP contribution >= 0.6 is 0 Å². The molecule has 2 aliphatic rings. The first kappa shape index (κ1) is 14.1. The molecule has 0 heterocycles. The van der Waals surface area contributed by atoms with Crippen LogP contribution in [-0.2, 0) is 9.53 Å². The normalized spacial score (nSPS) is 19.8. The van der Waals surface area contributed by atoms with E-state index in [1.54, 1.807) is 0 Å². The number of carboxylic acid groups (broad SMARTS) is 1. The molecule has 108 valence electrons. The molecule has 2 amide bonds. The highest BCUT2D eigenvalue weighted by atomic mass is 16.5. The summed E-state index contributed by atoms with van der Waals surface area (Å²) in [5.74, 6) is -0.228. The molecule has 0 aromatic heterocycles. The van der Waals surface area contributed by atoms with Gasteiger partial charge in [-0.15, -0.1) is 0 Å². The number of hydrogen-bond acceptors (Lipinski definition) is 3. The van der Waals surface area contributed by atoms with Gasteiger partial charge in [0, 0.05) is 20.2 Å². The molecular weight excluding hydrogens is 248 g/mol. The zero-order valence-electron chi connectivity index (χ0n) is 11.4. The number of carbonyl (C=O) groups is 2. The lowest BCUT2D eigenvalue weighted by Crippen LogP contribution is -2.46. The number of carboxylic acids is 1. The first-order valence-electron chi connectivity index (χ1n) is 6.81. The molecule has 2 aliphatic carbocycles. The predicted octanol–water partition coefficient (Wildman–Crippen LogP) is 0.919. The van der Waals surface area contributed by atoms with Crippen LogP contribution in [0.2, 0.25) is 0 Å². The Hall–Kier alpha value is -1.30. The molecule has 0 spiro atoms. The Morgan fingerprint density at radius 3 is 2.58 bits per heavy atom. The number of nitrogens with one attached hydrogen (secondary N) is 1. The monoisotopic (exact) mass is 270 g/mol. The quantitative estimate of drug-likeness (QED) is 0.687. The Kier molecular flexibility index (Phi) is 4.29. The maximum Gasteiger partial charge on any atom is 0.323 e. The van der Waals surface area contributed by atoms with E-state index >= 15 is 0 Å². The molecule has 0 bridgehead atoms. The first-order chi connectivity index (χ1) is 9.07. The summed E-state index contributed by atoms with van der Waals surface area (Å²) in [6, 6.07) is -0.300. The molecule has 2 fully saturated rings. The lowest BCUT2D eigenvalue weighted by Gasteiger charge is -2.23. The van der Waals surface area contributed by atoms with Crippen molar-refractivity contribution in [1.82, 2.24) is 10.2 Å². The summed E-state index contributed by atoms with van der Waals surface area (Å²) in [5.41, 5.74) is 0.325. The Labute approximate surface area is 113 Å². The van der Waals surface area contributed by atoms with Gasteiger partial charge in [-0.25, -0.2) is 4.79 Å². The average Bonchev–Trinajstić information content (AvgIpc) is 3.23. The van der Waals surface area contributed by atoms with E-state index in [1.165, 1.54) is 37.7 Å². The van der Waals surface area contributed by atoms with Crippen molar-refractivity contribution < 1.29 is 19.4 Å². The second-order valence-corrected chi connectivity index (χ2v) is 5.60. The Morgan fingerprint density at radius 1 is 1.42 bits per heavy atom. The molecule has 19 heavy (non-hydrogen) atoms. The minimum atomic E-state index is -1.01. The summed E-state index contributed by atoms with van der Waals surface area (Å²) >= 11 is 0. The molecule has 2 saturated carbocycles. The molecule has 0 unspecified atom stereocenters. The van der Waals surface area contributed by atoms with E-state index < -0.39 is 5.97 Å². The van der Waals surface area contributed by atoms with E-state index in [1.807, 2.05) is 0 Å². The fourth-order valence-corrected chi connectivity index (χ4v) is 2.57. The topological polar surface area (TPSA) is 78.9 Å². The number of rotatable bonds is 8. The Balaban J connectivity index is 1.78. The summed E-state index contributed by atoms with van der Waals surface area (Å²) in [4.78, 5) is 24.0. The standard InChI is InChI=1S/C13H22N2O4/c1-19-7-6-15(8-11(16)17)12(18)14-9-13(4-5-13)10-2-3-10/h10H,2-9H2,1H3,(H,14,18)(H,16,17). The summed E-state index contributed by atoms with van der Waals surface area (Å²) in [5, 5.41) is 11.7. The van der Waals surface area contributed by atoms with Gasteiger partial charge in [0.25, 0.3) is 0 Å². The maximum absolute atomic E-state index is 12.0. The molecule has 2 rings (SSSR count). The van der Waals surface area contributed by atoms with Crippen LogP contribution in [0, 0.1) is 11.3 Å². The van der Waals surface area contributed by atoms with Crippen molar-refractivity contribution in [3.63, 3.8) is 0 Å². The predicted molar refractivity (Wildman–Crippen MR) is 68.9 cm³/mol. The number of urea groups is 1. The van der Waals surface area contributed by atoms with E-state index in [4.69, 9.17) is 9.84 Å². The highest BCUT2D eigenvalue weighted by molar-refractivity contribution is 5.80. The highest BCUT2D eigenvalue weighted by Crippen LogP contribution is 2.60. The first-order valence-corrected chi connectivity index (χ1v) is 6.81. The molecule has 0 atom stereocenters. The third-order valence-corrected chi connectivity index (χ3v) is 4.11. The summed E-state index contributed by atoms with van der Waals surface area (Å²) < 4.78 is 4.90. The number of carbonyl (C=O) groups excluding carboxylic acids is 1. The fourth-order valence-electron chi connectivity index (χ4n) is 2.57. The third kappa shape index (κ3) is 3.83. The number of amides is 2. The number of nitrogens with zero attached hydrogens (tertiary/aromatic N) is 1. The van der Waals surface area contributed by atoms with Crippen LogP contribution < -0.4 is 5.32 Å². The molecule has 0 saturated heterocycles. The number of hydrogen-bond donors (Lipinski definition) is 2. The van der Waals surface area contributed by atoms with Gasteiger partial charge < -0.3 is 20.1 Å². The van der Waals surface area contributed by atoms with Gasteiger partial charge in [0.15, 0.2) is 0 Å². The van der Waals surface area contributed by atoms with Crippen LogP contribution in [0.1, 0.15) is 25.7 Å². The van der Waals surface area contributed by atoms with Gasteiger partial charge >= 0.3 is 12.0 Å². The van der Waals surface area contributed by atoms with Crippen LogP contribution in [0.15, 0.2) is 0 Å². The van der Waals surface area contributed by atoms with Crippen molar-refractivity contribution in [2.24, 2.45) is 11.3 Å². The molecule has 0 aromatic rings. The summed E-state index contributed by atoms with van der Waals surface area (Å²) in [6.07, 6.45) is 4.93. The average molecular weight is 270 g/mol.